The minimum atomic E-state index is -1.51. The Kier molecular flexibility index (Phi) is 12.6. The Balaban J connectivity index is 0.853. The third-order valence-corrected chi connectivity index (χ3v) is 11.0. The number of benzene rings is 4. The summed E-state index contributed by atoms with van der Waals surface area (Å²) in [5.41, 5.74) is 7.24. The number of fused-ring (bicyclic) bond motifs is 1. The summed E-state index contributed by atoms with van der Waals surface area (Å²) in [5, 5.41) is 24.9. The number of nitrogens with zero attached hydrogens (tertiary/aromatic N) is 3. The SMILES string of the molecule is CC/C(=C(\c1ccc(OCCN2CCN(CCCNc3ccc4c(c3)C(=O)N(C3CCC(=O)NC3=O)C4=O)CC2)cc1)c1ccc(B(O)O)cc1)c1ccccc1. The summed E-state index contributed by atoms with van der Waals surface area (Å²) in [7, 11) is -1.51. The average molecular weight is 770 g/mol. The molecule has 0 bridgehead atoms. The molecule has 0 radical (unpaired) electrons. The summed E-state index contributed by atoms with van der Waals surface area (Å²) in [6, 6.07) is 30.0. The first kappa shape index (κ1) is 39.6. The Hall–Kier alpha value is -5.60. The first-order valence-electron chi connectivity index (χ1n) is 19.7. The largest absolute Gasteiger partial charge is 0.492 e. The lowest BCUT2D eigenvalue weighted by Crippen LogP contribution is -2.54. The molecule has 57 heavy (non-hydrogen) atoms. The van der Waals surface area contributed by atoms with E-state index in [0.29, 0.717) is 18.6 Å². The predicted octanol–water partition coefficient (Wildman–Crippen LogP) is 3.64. The maximum absolute atomic E-state index is 13.1. The van der Waals surface area contributed by atoms with Crippen molar-refractivity contribution in [1.82, 2.24) is 20.0 Å². The summed E-state index contributed by atoms with van der Waals surface area (Å²) in [6.07, 6.45) is 1.95. The summed E-state index contributed by atoms with van der Waals surface area (Å²) in [6.45, 7) is 9.06. The van der Waals surface area contributed by atoms with Crippen molar-refractivity contribution in [3.8, 4) is 5.75 Å². The smallest absolute Gasteiger partial charge is 0.488 e. The van der Waals surface area contributed by atoms with Gasteiger partial charge in [0.15, 0.2) is 0 Å². The van der Waals surface area contributed by atoms with Crippen molar-refractivity contribution in [2.24, 2.45) is 0 Å². The van der Waals surface area contributed by atoms with Gasteiger partial charge >= 0.3 is 7.12 Å². The van der Waals surface area contributed by atoms with Crippen molar-refractivity contribution >= 4 is 53.0 Å². The van der Waals surface area contributed by atoms with Gasteiger partial charge in [-0.3, -0.25) is 34.3 Å². The number of rotatable bonds is 15. The van der Waals surface area contributed by atoms with E-state index in [1.165, 1.54) is 5.57 Å². The number of nitrogens with one attached hydrogen (secondary N) is 2. The first-order chi connectivity index (χ1) is 27.7. The van der Waals surface area contributed by atoms with Crippen LogP contribution in [0.25, 0.3) is 11.1 Å². The second-order valence-corrected chi connectivity index (χ2v) is 14.6. The van der Waals surface area contributed by atoms with Gasteiger partial charge in [0, 0.05) is 51.4 Å². The number of piperazine rings is 1. The van der Waals surface area contributed by atoms with Crippen molar-refractivity contribution in [1.29, 1.82) is 0 Å². The Morgan fingerprint density at radius 1 is 0.789 bits per heavy atom. The van der Waals surface area contributed by atoms with E-state index in [-0.39, 0.29) is 24.0 Å². The van der Waals surface area contributed by atoms with Gasteiger partial charge in [-0.05, 0) is 89.4 Å². The van der Waals surface area contributed by atoms with Gasteiger partial charge in [-0.25, -0.2) is 0 Å². The molecule has 7 rings (SSSR count). The fourth-order valence-electron chi connectivity index (χ4n) is 7.86. The van der Waals surface area contributed by atoms with Crippen LogP contribution in [0.4, 0.5) is 5.69 Å². The van der Waals surface area contributed by atoms with E-state index in [1.54, 1.807) is 30.3 Å². The van der Waals surface area contributed by atoms with Crippen LogP contribution in [0, 0.1) is 0 Å². The standard InChI is InChI=1S/C44H48BN5O7/c1-2-36(30-7-4-3-5-8-30)41(31-9-13-33(14-10-31)45(55)56)32-11-16-35(17-12-32)57-28-27-49-25-23-48(24-26-49)22-6-21-46-34-15-18-37-38(29-34)44(54)50(43(37)53)39-19-20-40(51)47-42(39)52/h3-5,7-18,29,39,46,55-56H,2,6,19-28H2,1H3,(H,47,51,52)/b41-36+. The second kappa shape index (κ2) is 18.1. The Morgan fingerprint density at radius 3 is 2.09 bits per heavy atom. The summed E-state index contributed by atoms with van der Waals surface area (Å²) < 4.78 is 6.19. The van der Waals surface area contributed by atoms with E-state index in [2.05, 4.69) is 51.6 Å². The molecule has 0 spiro atoms. The van der Waals surface area contributed by atoms with Crippen molar-refractivity contribution in [3.63, 3.8) is 0 Å². The first-order valence-corrected chi connectivity index (χ1v) is 19.7. The van der Waals surface area contributed by atoms with Crippen LogP contribution in [0.5, 0.6) is 5.75 Å². The second-order valence-electron chi connectivity index (χ2n) is 14.6. The summed E-state index contributed by atoms with van der Waals surface area (Å²) in [4.78, 5) is 55.9. The fraction of sp³-hybridized carbons (Fsp3) is 0.318. The highest BCUT2D eigenvalue weighted by Gasteiger charge is 2.44. The van der Waals surface area contributed by atoms with Crippen LogP contribution in [0.3, 0.4) is 0 Å². The molecule has 1 unspecified atom stereocenters. The van der Waals surface area contributed by atoms with Gasteiger partial charge in [-0.2, -0.15) is 0 Å². The molecule has 3 heterocycles. The maximum atomic E-state index is 13.1. The van der Waals surface area contributed by atoms with Gasteiger partial charge in [0.25, 0.3) is 11.8 Å². The number of anilines is 1. The highest BCUT2D eigenvalue weighted by Crippen LogP contribution is 2.35. The zero-order valence-corrected chi connectivity index (χ0v) is 32.2. The van der Waals surface area contributed by atoms with E-state index >= 15 is 0 Å². The van der Waals surface area contributed by atoms with Gasteiger partial charge in [0.05, 0.1) is 11.1 Å². The number of piperidine rings is 1. The highest BCUT2D eigenvalue weighted by molar-refractivity contribution is 6.58. The van der Waals surface area contributed by atoms with E-state index in [4.69, 9.17) is 4.74 Å². The molecule has 3 aliphatic rings. The molecule has 4 aromatic carbocycles. The molecule has 13 heteroatoms. The molecule has 4 N–H and O–H groups in total. The molecule has 1 atom stereocenters. The lowest BCUT2D eigenvalue weighted by Gasteiger charge is -2.34. The van der Waals surface area contributed by atoms with Gasteiger partial charge in [0.1, 0.15) is 18.4 Å². The maximum Gasteiger partial charge on any atom is 0.488 e. The molecule has 0 aliphatic carbocycles. The number of amides is 4. The Morgan fingerprint density at radius 2 is 1.44 bits per heavy atom. The van der Waals surface area contributed by atoms with Crippen LogP contribution >= 0.6 is 0 Å². The van der Waals surface area contributed by atoms with E-state index in [9.17, 15) is 29.2 Å². The molecule has 0 saturated carbocycles. The van der Waals surface area contributed by atoms with E-state index in [0.717, 1.165) is 90.7 Å². The Labute approximate surface area is 333 Å². The summed E-state index contributed by atoms with van der Waals surface area (Å²) in [5.74, 6) is -1.21. The van der Waals surface area contributed by atoms with Gasteiger partial charge in [-0.1, -0.05) is 73.7 Å². The molecule has 4 amide bonds. The number of ether oxygens (including phenoxy) is 1. The van der Waals surface area contributed by atoms with Gasteiger partial charge in [-0.15, -0.1) is 0 Å². The number of carbonyl (C=O) groups excluding carboxylic acids is 4. The normalized spacial score (nSPS) is 17.9. The lowest BCUT2D eigenvalue weighted by atomic mass is 9.79. The molecule has 3 aliphatic heterocycles. The molecule has 2 fully saturated rings. The quantitative estimate of drug-likeness (QED) is 0.0611. The van der Waals surface area contributed by atoms with Crippen LogP contribution in [0.2, 0.25) is 0 Å². The molecule has 4 aromatic rings. The van der Waals surface area contributed by atoms with Crippen molar-refractivity contribution < 1.29 is 34.0 Å². The monoisotopic (exact) mass is 769 g/mol. The van der Waals surface area contributed by atoms with Crippen molar-refractivity contribution in [2.75, 3.05) is 57.7 Å². The topological polar surface area (TPSA) is 152 Å². The number of hydrogen-bond donors (Lipinski definition) is 4. The van der Waals surface area contributed by atoms with Gasteiger partial charge in [0.2, 0.25) is 11.8 Å². The fourth-order valence-corrected chi connectivity index (χ4v) is 7.86. The van der Waals surface area contributed by atoms with Gasteiger partial charge < -0.3 is 25.0 Å². The minimum absolute atomic E-state index is 0.0883. The zero-order chi connectivity index (χ0) is 39.9. The number of carbonyl (C=O) groups is 4. The molecule has 2 saturated heterocycles. The average Bonchev–Trinajstić information content (AvgIpc) is 3.47. The van der Waals surface area contributed by atoms with Crippen LogP contribution in [-0.4, -0.2) is 114 Å². The van der Waals surface area contributed by atoms with Crippen molar-refractivity contribution in [3.05, 3.63) is 125 Å². The van der Waals surface area contributed by atoms with E-state index in [1.807, 2.05) is 42.5 Å². The number of allylic oxidation sites excluding steroid dienone is 1. The van der Waals surface area contributed by atoms with E-state index < -0.39 is 36.8 Å². The van der Waals surface area contributed by atoms with Crippen LogP contribution in [0.1, 0.15) is 70.0 Å². The van der Waals surface area contributed by atoms with Crippen LogP contribution in [0.15, 0.2) is 97.1 Å². The van der Waals surface area contributed by atoms with Crippen LogP contribution < -0.4 is 20.8 Å². The predicted molar refractivity (Wildman–Crippen MR) is 220 cm³/mol. The molecule has 12 nitrogen and oxygen atoms in total. The molecular weight excluding hydrogens is 721 g/mol. The summed E-state index contributed by atoms with van der Waals surface area (Å²) >= 11 is 0. The van der Waals surface area contributed by atoms with Crippen LogP contribution in [-0.2, 0) is 9.59 Å². The third kappa shape index (κ3) is 9.18. The minimum Gasteiger partial charge on any atom is -0.492 e. The number of imide groups is 2. The molecule has 0 aromatic heterocycles. The lowest BCUT2D eigenvalue weighted by molar-refractivity contribution is -0.136. The van der Waals surface area contributed by atoms with Crippen molar-refractivity contribution in [2.45, 2.75) is 38.6 Å². The number of hydrogen-bond acceptors (Lipinski definition) is 10. The highest BCUT2D eigenvalue weighted by atomic mass is 16.5. The molecular formula is C44H48BN5O7. The third-order valence-electron chi connectivity index (χ3n) is 11.0. The zero-order valence-electron chi connectivity index (χ0n) is 32.2. The molecule has 294 valence electrons. The Bertz CT molecular complexity index is 2120.